The SMILES string of the molecule is O=C(O)c1c(C(=O)N2CCN(CCO)CC2)[nH]c2cc(Cl)ccc2c1=O. The van der Waals surface area contributed by atoms with Crippen LogP contribution in [0.4, 0.5) is 0 Å². The van der Waals surface area contributed by atoms with Crippen LogP contribution in [0.3, 0.4) is 0 Å². The topological polar surface area (TPSA) is 114 Å². The molecule has 3 rings (SSSR count). The quantitative estimate of drug-likeness (QED) is 0.718. The van der Waals surface area contributed by atoms with Crippen molar-refractivity contribution in [2.24, 2.45) is 0 Å². The summed E-state index contributed by atoms with van der Waals surface area (Å²) in [6, 6.07) is 4.41. The highest BCUT2D eigenvalue weighted by atomic mass is 35.5. The second-order valence-corrected chi connectivity index (χ2v) is 6.49. The van der Waals surface area contributed by atoms with Crippen molar-refractivity contribution in [2.75, 3.05) is 39.3 Å². The third-order valence-corrected chi connectivity index (χ3v) is 4.70. The number of benzene rings is 1. The number of nitrogens with zero attached hydrogens (tertiary/aromatic N) is 2. The van der Waals surface area contributed by atoms with Gasteiger partial charge in [-0.3, -0.25) is 14.5 Å². The van der Waals surface area contributed by atoms with Gasteiger partial charge in [-0.15, -0.1) is 0 Å². The van der Waals surface area contributed by atoms with E-state index in [0.29, 0.717) is 43.3 Å². The normalized spacial score (nSPS) is 15.4. The van der Waals surface area contributed by atoms with Gasteiger partial charge in [-0.2, -0.15) is 0 Å². The highest BCUT2D eigenvalue weighted by molar-refractivity contribution is 6.31. The van der Waals surface area contributed by atoms with Gasteiger partial charge in [-0.1, -0.05) is 11.6 Å². The van der Waals surface area contributed by atoms with Crippen LogP contribution in [0.1, 0.15) is 20.8 Å². The number of pyridine rings is 1. The lowest BCUT2D eigenvalue weighted by molar-refractivity contribution is 0.0592. The van der Waals surface area contributed by atoms with Crippen LogP contribution < -0.4 is 5.43 Å². The van der Waals surface area contributed by atoms with Gasteiger partial charge in [0.1, 0.15) is 11.3 Å². The summed E-state index contributed by atoms with van der Waals surface area (Å²) in [5, 5.41) is 19.0. The number of carboxylic acid groups (broad SMARTS) is 1. The molecular formula is C17H18ClN3O5. The number of halogens is 1. The largest absolute Gasteiger partial charge is 0.477 e. The van der Waals surface area contributed by atoms with Crippen molar-refractivity contribution < 1.29 is 19.8 Å². The number of aromatic carboxylic acids is 1. The average molecular weight is 380 g/mol. The number of fused-ring (bicyclic) bond motifs is 1. The zero-order chi connectivity index (χ0) is 18.8. The lowest BCUT2D eigenvalue weighted by atomic mass is 10.1. The summed E-state index contributed by atoms with van der Waals surface area (Å²) in [7, 11) is 0. The summed E-state index contributed by atoms with van der Waals surface area (Å²) in [4.78, 5) is 43.4. The number of aliphatic hydroxyl groups excluding tert-OH is 1. The Hall–Kier alpha value is -2.42. The monoisotopic (exact) mass is 379 g/mol. The van der Waals surface area contributed by atoms with Gasteiger partial charge < -0.3 is 20.1 Å². The van der Waals surface area contributed by atoms with E-state index in [1.54, 1.807) is 0 Å². The zero-order valence-corrected chi connectivity index (χ0v) is 14.6. The molecule has 1 saturated heterocycles. The number of rotatable bonds is 4. The van der Waals surface area contributed by atoms with Crippen LogP contribution in [0.2, 0.25) is 5.02 Å². The Balaban J connectivity index is 2.01. The summed E-state index contributed by atoms with van der Waals surface area (Å²) in [5.41, 5.74) is -1.21. The van der Waals surface area contributed by atoms with Crippen molar-refractivity contribution >= 4 is 34.4 Å². The van der Waals surface area contributed by atoms with Gasteiger partial charge in [-0.05, 0) is 18.2 Å². The molecule has 0 aliphatic carbocycles. The number of β-amino-alcohol motifs (C(OH)–C–C–N with tert-alkyl or cyclic N) is 1. The molecule has 1 aliphatic heterocycles. The summed E-state index contributed by atoms with van der Waals surface area (Å²) in [5.74, 6) is -1.99. The molecule has 0 unspecified atom stereocenters. The number of aliphatic hydroxyl groups is 1. The van der Waals surface area contributed by atoms with Gasteiger partial charge in [0.2, 0.25) is 5.43 Å². The average Bonchev–Trinajstić information content (AvgIpc) is 2.61. The molecular weight excluding hydrogens is 362 g/mol. The van der Waals surface area contributed by atoms with Crippen molar-refractivity contribution in [3.05, 3.63) is 44.7 Å². The number of amides is 1. The van der Waals surface area contributed by atoms with Gasteiger partial charge in [0.05, 0.1) is 12.1 Å². The first-order valence-electron chi connectivity index (χ1n) is 8.13. The molecule has 2 heterocycles. The minimum absolute atomic E-state index is 0.0376. The maximum absolute atomic E-state index is 12.9. The van der Waals surface area contributed by atoms with Crippen molar-refractivity contribution in [1.29, 1.82) is 0 Å². The Morgan fingerprint density at radius 2 is 1.88 bits per heavy atom. The van der Waals surface area contributed by atoms with E-state index in [1.165, 1.54) is 23.1 Å². The number of carbonyl (C=O) groups is 2. The predicted octanol–water partition coefficient (Wildman–Crippen LogP) is 0.630. The van der Waals surface area contributed by atoms with Crippen molar-refractivity contribution in [1.82, 2.24) is 14.8 Å². The van der Waals surface area contributed by atoms with E-state index >= 15 is 0 Å². The minimum atomic E-state index is -1.45. The molecule has 3 N–H and O–H groups in total. The molecule has 8 nitrogen and oxygen atoms in total. The molecule has 0 radical (unpaired) electrons. The van der Waals surface area contributed by atoms with Crippen LogP contribution in [0.25, 0.3) is 10.9 Å². The Kier molecular flexibility index (Phi) is 5.26. The number of piperazine rings is 1. The molecule has 138 valence electrons. The first-order chi connectivity index (χ1) is 12.4. The summed E-state index contributed by atoms with van der Waals surface area (Å²) in [6.45, 7) is 2.46. The van der Waals surface area contributed by atoms with E-state index in [0.717, 1.165) is 0 Å². The fourth-order valence-corrected chi connectivity index (χ4v) is 3.27. The van der Waals surface area contributed by atoms with Gasteiger partial charge in [0, 0.05) is 43.1 Å². The summed E-state index contributed by atoms with van der Waals surface area (Å²) < 4.78 is 0. The molecule has 0 saturated carbocycles. The number of nitrogens with one attached hydrogen (secondary N) is 1. The summed E-state index contributed by atoms with van der Waals surface area (Å²) >= 11 is 5.94. The van der Waals surface area contributed by atoms with E-state index in [2.05, 4.69) is 4.98 Å². The molecule has 0 bridgehead atoms. The molecule has 0 spiro atoms. The Labute approximate surface area is 153 Å². The number of carbonyl (C=O) groups excluding carboxylic acids is 1. The first-order valence-corrected chi connectivity index (χ1v) is 8.51. The Bertz CT molecular complexity index is 918. The van der Waals surface area contributed by atoms with E-state index in [1.807, 2.05) is 4.90 Å². The first kappa shape index (κ1) is 18.4. The number of H-pyrrole nitrogens is 1. The van der Waals surface area contributed by atoms with Crippen molar-refractivity contribution in [3.63, 3.8) is 0 Å². The van der Waals surface area contributed by atoms with E-state index < -0.39 is 22.9 Å². The van der Waals surface area contributed by atoms with Gasteiger partial charge in [0.15, 0.2) is 0 Å². The number of aromatic nitrogens is 1. The Morgan fingerprint density at radius 3 is 2.50 bits per heavy atom. The third kappa shape index (κ3) is 3.44. The molecule has 9 heteroatoms. The smallest absolute Gasteiger partial charge is 0.342 e. The van der Waals surface area contributed by atoms with Crippen LogP contribution in [0.5, 0.6) is 0 Å². The van der Waals surface area contributed by atoms with Gasteiger partial charge in [-0.25, -0.2) is 4.79 Å². The molecule has 1 aromatic carbocycles. The van der Waals surface area contributed by atoms with E-state index in [4.69, 9.17) is 16.7 Å². The highest BCUT2D eigenvalue weighted by Crippen LogP contribution is 2.18. The van der Waals surface area contributed by atoms with Crippen LogP contribution in [-0.4, -0.2) is 76.2 Å². The lowest BCUT2D eigenvalue weighted by Crippen LogP contribution is -2.50. The lowest BCUT2D eigenvalue weighted by Gasteiger charge is -2.34. The van der Waals surface area contributed by atoms with Crippen LogP contribution in [0, 0.1) is 0 Å². The second kappa shape index (κ2) is 7.45. The molecule has 2 aromatic rings. The summed E-state index contributed by atoms with van der Waals surface area (Å²) in [6.07, 6.45) is 0. The minimum Gasteiger partial charge on any atom is -0.477 e. The fraction of sp³-hybridized carbons (Fsp3) is 0.353. The molecule has 1 fully saturated rings. The third-order valence-electron chi connectivity index (χ3n) is 4.47. The van der Waals surface area contributed by atoms with Gasteiger partial charge in [0.25, 0.3) is 5.91 Å². The zero-order valence-electron chi connectivity index (χ0n) is 13.9. The Morgan fingerprint density at radius 1 is 1.19 bits per heavy atom. The molecule has 26 heavy (non-hydrogen) atoms. The van der Waals surface area contributed by atoms with Crippen LogP contribution in [0.15, 0.2) is 23.0 Å². The maximum Gasteiger partial charge on any atom is 0.342 e. The van der Waals surface area contributed by atoms with Gasteiger partial charge >= 0.3 is 5.97 Å². The van der Waals surface area contributed by atoms with Crippen molar-refractivity contribution in [3.8, 4) is 0 Å². The van der Waals surface area contributed by atoms with E-state index in [9.17, 15) is 19.5 Å². The van der Waals surface area contributed by atoms with Crippen LogP contribution in [-0.2, 0) is 0 Å². The molecule has 1 aliphatic rings. The number of hydrogen-bond acceptors (Lipinski definition) is 5. The number of aromatic amines is 1. The molecule has 1 aromatic heterocycles. The predicted molar refractivity (Wildman–Crippen MR) is 96.0 cm³/mol. The van der Waals surface area contributed by atoms with Crippen LogP contribution >= 0.6 is 11.6 Å². The number of hydrogen-bond donors (Lipinski definition) is 3. The molecule has 1 amide bonds. The maximum atomic E-state index is 12.9. The molecule has 0 atom stereocenters. The number of carboxylic acids is 1. The van der Waals surface area contributed by atoms with E-state index in [-0.39, 0.29) is 17.7 Å². The van der Waals surface area contributed by atoms with Crippen molar-refractivity contribution in [2.45, 2.75) is 0 Å². The second-order valence-electron chi connectivity index (χ2n) is 6.06. The highest BCUT2D eigenvalue weighted by Gasteiger charge is 2.28. The fourth-order valence-electron chi connectivity index (χ4n) is 3.10. The standard InChI is InChI=1S/C17H18ClN3O5/c18-10-1-2-11-12(9-10)19-14(13(15(11)23)17(25)26)16(24)21-5-3-20(4-6-21)7-8-22/h1-2,9,22H,3-8H2,(H,19,23)(H,25,26).